The molecule has 5 heteroatoms. The summed E-state index contributed by atoms with van der Waals surface area (Å²) in [6.07, 6.45) is 0.697. The van der Waals surface area contributed by atoms with Crippen LogP contribution in [0.1, 0.15) is 13.3 Å². The highest BCUT2D eigenvalue weighted by atomic mass is 79.9. The van der Waals surface area contributed by atoms with Gasteiger partial charge in [-0.3, -0.25) is 0 Å². The molecule has 0 amide bonds. The second-order valence-corrected chi connectivity index (χ2v) is 4.38. The number of benzene rings is 1. The van der Waals surface area contributed by atoms with Crippen LogP contribution >= 0.6 is 15.9 Å². The fourth-order valence-electron chi connectivity index (χ4n) is 1.38. The lowest BCUT2D eigenvalue weighted by Gasteiger charge is -2.15. The van der Waals surface area contributed by atoms with Gasteiger partial charge in [0, 0.05) is 25.6 Å². The first kappa shape index (κ1) is 14.4. The van der Waals surface area contributed by atoms with E-state index in [1.807, 2.05) is 6.92 Å². The number of halogens is 2. The molecule has 0 aromatic heterocycles. The van der Waals surface area contributed by atoms with E-state index in [-0.39, 0.29) is 11.9 Å². The highest BCUT2D eigenvalue weighted by Crippen LogP contribution is 2.21. The summed E-state index contributed by atoms with van der Waals surface area (Å²) in [4.78, 5) is 0. The third-order valence-electron chi connectivity index (χ3n) is 2.26. The zero-order chi connectivity index (χ0) is 12.7. The Kier molecular flexibility index (Phi) is 6.47. The van der Waals surface area contributed by atoms with E-state index in [0.29, 0.717) is 36.4 Å². The van der Waals surface area contributed by atoms with Gasteiger partial charge in [-0.2, -0.15) is 0 Å². The Bertz CT molecular complexity index is 349. The quantitative estimate of drug-likeness (QED) is 0.842. The van der Waals surface area contributed by atoms with Gasteiger partial charge in [0.2, 0.25) is 0 Å². The van der Waals surface area contributed by atoms with Crippen molar-refractivity contribution in [3.8, 4) is 5.75 Å². The lowest BCUT2D eigenvalue weighted by atomic mass is 10.2. The van der Waals surface area contributed by atoms with Gasteiger partial charge in [0.1, 0.15) is 11.6 Å². The Hall–Kier alpha value is -0.650. The molecule has 0 saturated carbocycles. The number of ether oxygens (including phenoxy) is 2. The van der Waals surface area contributed by atoms with E-state index in [4.69, 9.17) is 15.2 Å². The first-order valence-corrected chi connectivity index (χ1v) is 6.36. The second kappa shape index (κ2) is 7.63. The van der Waals surface area contributed by atoms with Crippen LogP contribution < -0.4 is 10.5 Å². The van der Waals surface area contributed by atoms with Crippen molar-refractivity contribution in [3.63, 3.8) is 0 Å². The molecule has 1 aromatic rings. The third-order valence-corrected chi connectivity index (χ3v) is 2.91. The van der Waals surface area contributed by atoms with E-state index in [1.54, 1.807) is 12.1 Å². The maximum atomic E-state index is 13.2. The fraction of sp³-hybridized carbons (Fsp3) is 0.500. The molecule has 1 unspecified atom stereocenters. The van der Waals surface area contributed by atoms with Gasteiger partial charge in [-0.05, 0) is 35.0 Å². The van der Waals surface area contributed by atoms with Gasteiger partial charge in [-0.15, -0.1) is 0 Å². The number of hydrogen-bond acceptors (Lipinski definition) is 3. The molecule has 1 rings (SSSR count). The number of hydrogen-bond donors (Lipinski definition) is 1. The van der Waals surface area contributed by atoms with Gasteiger partial charge >= 0.3 is 0 Å². The monoisotopic (exact) mass is 305 g/mol. The van der Waals surface area contributed by atoms with Crippen LogP contribution in [0.2, 0.25) is 0 Å². The van der Waals surface area contributed by atoms with Crippen molar-refractivity contribution in [2.24, 2.45) is 5.73 Å². The molecule has 0 aliphatic rings. The van der Waals surface area contributed by atoms with Gasteiger partial charge in [0.15, 0.2) is 0 Å². The van der Waals surface area contributed by atoms with E-state index in [1.165, 1.54) is 6.07 Å². The molecule has 3 nitrogen and oxygen atoms in total. The molecule has 0 fully saturated rings. The Morgan fingerprint density at radius 2 is 2.24 bits per heavy atom. The van der Waals surface area contributed by atoms with Crippen molar-refractivity contribution in [3.05, 3.63) is 28.5 Å². The minimum Gasteiger partial charge on any atom is -0.493 e. The molecule has 1 atom stereocenters. The lowest BCUT2D eigenvalue weighted by molar-refractivity contribution is 0.0526. The highest BCUT2D eigenvalue weighted by molar-refractivity contribution is 9.10. The molecule has 96 valence electrons. The first-order chi connectivity index (χ1) is 8.17. The Labute approximate surface area is 109 Å². The summed E-state index contributed by atoms with van der Waals surface area (Å²) in [7, 11) is 0. The van der Waals surface area contributed by atoms with Gasteiger partial charge in [0.05, 0.1) is 17.2 Å². The summed E-state index contributed by atoms with van der Waals surface area (Å²) in [5, 5.41) is 0. The zero-order valence-electron chi connectivity index (χ0n) is 9.79. The molecular weight excluding hydrogens is 289 g/mol. The average molecular weight is 306 g/mol. The topological polar surface area (TPSA) is 44.5 Å². The van der Waals surface area contributed by atoms with E-state index in [2.05, 4.69) is 15.9 Å². The predicted octanol–water partition coefficient (Wildman–Crippen LogP) is 2.72. The summed E-state index contributed by atoms with van der Waals surface area (Å²) < 4.78 is 24.4. The summed E-state index contributed by atoms with van der Waals surface area (Å²) in [5.74, 6) is 0.181. The molecule has 0 aliphatic carbocycles. The van der Waals surface area contributed by atoms with Gasteiger partial charge in [0.25, 0.3) is 0 Å². The summed E-state index contributed by atoms with van der Waals surface area (Å²) in [6, 6.07) is 4.68. The molecule has 0 bridgehead atoms. The van der Waals surface area contributed by atoms with Crippen LogP contribution in [-0.2, 0) is 4.74 Å². The van der Waals surface area contributed by atoms with E-state index < -0.39 is 0 Å². The van der Waals surface area contributed by atoms with Crippen molar-refractivity contribution in [1.82, 2.24) is 0 Å². The van der Waals surface area contributed by atoms with Crippen molar-refractivity contribution in [2.75, 3.05) is 19.8 Å². The molecule has 17 heavy (non-hydrogen) atoms. The maximum Gasteiger partial charge on any atom is 0.141 e. The van der Waals surface area contributed by atoms with Gasteiger partial charge < -0.3 is 15.2 Å². The normalized spacial score (nSPS) is 12.5. The van der Waals surface area contributed by atoms with Crippen molar-refractivity contribution < 1.29 is 13.9 Å². The standard InChI is InChI=1S/C12H17BrFNO2/c1-2-16-10(8-15)5-6-17-9-3-4-11(13)12(14)7-9/h3-4,7,10H,2,5-6,8,15H2,1H3. The zero-order valence-corrected chi connectivity index (χ0v) is 11.4. The third kappa shape index (κ3) is 5.02. The van der Waals surface area contributed by atoms with Crippen LogP contribution in [0.3, 0.4) is 0 Å². The van der Waals surface area contributed by atoms with Crippen LogP contribution in [0.4, 0.5) is 4.39 Å². The minimum atomic E-state index is -0.331. The lowest BCUT2D eigenvalue weighted by Crippen LogP contribution is -2.25. The molecule has 2 N–H and O–H groups in total. The average Bonchev–Trinajstić information content (AvgIpc) is 2.32. The van der Waals surface area contributed by atoms with Crippen LogP contribution in [0.25, 0.3) is 0 Å². The summed E-state index contributed by atoms with van der Waals surface area (Å²) in [5.41, 5.74) is 5.54. The van der Waals surface area contributed by atoms with Gasteiger partial charge in [-0.1, -0.05) is 0 Å². The van der Waals surface area contributed by atoms with Crippen molar-refractivity contribution in [1.29, 1.82) is 0 Å². The number of rotatable bonds is 7. The highest BCUT2D eigenvalue weighted by Gasteiger charge is 2.07. The molecule has 0 aliphatic heterocycles. The van der Waals surface area contributed by atoms with Crippen LogP contribution in [-0.4, -0.2) is 25.9 Å². The molecule has 0 saturated heterocycles. The maximum absolute atomic E-state index is 13.2. The fourth-order valence-corrected chi connectivity index (χ4v) is 1.63. The molecular formula is C12H17BrFNO2. The van der Waals surface area contributed by atoms with E-state index >= 15 is 0 Å². The van der Waals surface area contributed by atoms with Gasteiger partial charge in [-0.25, -0.2) is 4.39 Å². The first-order valence-electron chi connectivity index (χ1n) is 5.57. The summed E-state index contributed by atoms with van der Waals surface area (Å²) in [6.45, 7) is 3.48. The van der Waals surface area contributed by atoms with Crippen LogP contribution in [0.15, 0.2) is 22.7 Å². The largest absolute Gasteiger partial charge is 0.493 e. The molecule has 0 radical (unpaired) electrons. The predicted molar refractivity (Wildman–Crippen MR) is 68.7 cm³/mol. The molecule has 0 spiro atoms. The molecule has 1 aromatic carbocycles. The van der Waals surface area contributed by atoms with Crippen molar-refractivity contribution in [2.45, 2.75) is 19.4 Å². The van der Waals surface area contributed by atoms with E-state index in [0.717, 1.165) is 0 Å². The summed E-state index contributed by atoms with van der Waals surface area (Å²) >= 11 is 3.09. The SMILES string of the molecule is CCOC(CN)CCOc1ccc(Br)c(F)c1. The van der Waals surface area contributed by atoms with E-state index in [9.17, 15) is 4.39 Å². The Balaban J connectivity index is 2.37. The number of nitrogens with two attached hydrogens (primary N) is 1. The Morgan fingerprint density at radius 3 is 2.82 bits per heavy atom. The molecule has 0 heterocycles. The van der Waals surface area contributed by atoms with Crippen LogP contribution in [0.5, 0.6) is 5.75 Å². The second-order valence-electron chi connectivity index (χ2n) is 3.53. The Morgan fingerprint density at radius 1 is 1.47 bits per heavy atom. The minimum absolute atomic E-state index is 0.000273. The van der Waals surface area contributed by atoms with Crippen LogP contribution in [0, 0.1) is 5.82 Å². The smallest absolute Gasteiger partial charge is 0.141 e. The van der Waals surface area contributed by atoms with Crippen molar-refractivity contribution >= 4 is 15.9 Å².